The number of fused-ring (bicyclic) bond motifs is 1. The predicted octanol–water partition coefficient (Wildman–Crippen LogP) is 2.61. The Hall–Kier alpha value is -2.34. The summed E-state index contributed by atoms with van der Waals surface area (Å²) in [5, 5.41) is 4.20. The molecular weight excluding hydrogens is 296 g/mol. The smallest absolute Gasteiger partial charge is 0.270 e. The molecule has 0 aliphatic carbocycles. The summed E-state index contributed by atoms with van der Waals surface area (Å²) in [5.41, 5.74) is 3.06. The predicted molar refractivity (Wildman–Crippen MR) is 85.7 cm³/mol. The molecule has 3 aromatic heterocycles. The van der Waals surface area contributed by atoms with Crippen LogP contribution in [0.1, 0.15) is 16.3 Å². The Kier molecular flexibility index (Phi) is 3.11. The van der Waals surface area contributed by atoms with Crippen molar-refractivity contribution >= 4 is 17.2 Å². The van der Waals surface area contributed by atoms with Crippen molar-refractivity contribution in [3.05, 3.63) is 52.9 Å². The summed E-state index contributed by atoms with van der Waals surface area (Å²) in [5.74, 6) is 1.02. The Balaban J connectivity index is 1.61. The molecule has 0 aromatic carbocycles. The minimum atomic E-state index is 0.0684. The second-order valence-corrected chi connectivity index (χ2v) is 6.23. The van der Waals surface area contributed by atoms with Crippen LogP contribution >= 0.6 is 11.3 Å². The third-order valence-electron chi connectivity index (χ3n) is 4.13. The number of carbonyl (C=O) groups is 1. The van der Waals surface area contributed by atoms with Gasteiger partial charge < -0.3 is 14.0 Å². The van der Waals surface area contributed by atoms with E-state index in [1.54, 1.807) is 11.3 Å². The number of thiophene rings is 1. The number of aryl methyl sites for hydroxylation is 1. The number of rotatable bonds is 2. The van der Waals surface area contributed by atoms with Crippen LogP contribution in [0, 0.1) is 0 Å². The van der Waals surface area contributed by atoms with E-state index in [9.17, 15) is 4.79 Å². The van der Waals surface area contributed by atoms with Crippen molar-refractivity contribution in [3.63, 3.8) is 0 Å². The van der Waals surface area contributed by atoms with Crippen LogP contribution < -0.4 is 0 Å². The first-order valence-corrected chi connectivity index (χ1v) is 8.16. The van der Waals surface area contributed by atoms with Gasteiger partial charge in [-0.25, -0.2) is 4.98 Å². The summed E-state index contributed by atoms with van der Waals surface area (Å²) in [7, 11) is 1.90. The van der Waals surface area contributed by atoms with Crippen molar-refractivity contribution in [2.24, 2.45) is 7.05 Å². The molecule has 6 heteroatoms. The van der Waals surface area contributed by atoms with E-state index < -0.39 is 0 Å². The van der Waals surface area contributed by atoms with Gasteiger partial charge in [-0.15, -0.1) is 0 Å². The lowest BCUT2D eigenvalue weighted by atomic mass is 10.2. The van der Waals surface area contributed by atoms with Gasteiger partial charge in [0.2, 0.25) is 0 Å². The van der Waals surface area contributed by atoms with Crippen LogP contribution in [0.4, 0.5) is 0 Å². The van der Waals surface area contributed by atoms with Gasteiger partial charge in [-0.3, -0.25) is 4.79 Å². The van der Waals surface area contributed by atoms with Crippen LogP contribution in [0.5, 0.6) is 0 Å². The molecule has 112 valence electrons. The number of imidazole rings is 1. The molecule has 0 N–H and O–H groups in total. The van der Waals surface area contributed by atoms with Crippen molar-refractivity contribution in [1.29, 1.82) is 0 Å². The molecule has 22 heavy (non-hydrogen) atoms. The van der Waals surface area contributed by atoms with Gasteiger partial charge >= 0.3 is 0 Å². The van der Waals surface area contributed by atoms with Crippen LogP contribution in [0.2, 0.25) is 0 Å². The molecule has 0 saturated heterocycles. The second-order valence-electron chi connectivity index (χ2n) is 5.45. The molecule has 5 nitrogen and oxygen atoms in total. The number of aromatic nitrogens is 3. The highest BCUT2D eigenvalue weighted by Gasteiger charge is 2.25. The summed E-state index contributed by atoms with van der Waals surface area (Å²) >= 11 is 1.69. The standard InChI is InChI=1S/C16H16N4OS/c1-18-5-2-3-13(18)16(21)19-6-7-20-14(9-17-15(20)10-19)12-4-8-22-11-12/h2-5,8-9,11H,6-7,10H2,1H3. The second kappa shape index (κ2) is 5.14. The van der Waals surface area contributed by atoms with Gasteiger partial charge in [-0.1, -0.05) is 0 Å². The van der Waals surface area contributed by atoms with Crippen LogP contribution in [0.25, 0.3) is 11.3 Å². The van der Waals surface area contributed by atoms with E-state index in [-0.39, 0.29) is 5.91 Å². The number of carbonyl (C=O) groups excluding carboxylic acids is 1. The van der Waals surface area contributed by atoms with Crippen molar-refractivity contribution in [3.8, 4) is 11.3 Å². The molecule has 0 spiro atoms. The number of hydrogen-bond donors (Lipinski definition) is 0. The zero-order valence-corrected chi connectivity index (χ0v) is 13.1. The van der Waals surface area contributed by atoms with Crippen molar-refractivity contribution in [1.82, 2.24) is 19.0 Å². The maximum Gasteiger partial charge on any atom is 0.270 e. The monoisotopic (exact) mass is 312 g/mol. The maximum absolute atomic E-state index is 12.6. The van der Waals surface area contributed by atoms with Crippen molar-refractivity contribution < 1.29 is 4.79 Å². The van der Waals surface area contributed by atoms with Crippen LogP contribution in [-0.4, -0.2) is 31.5 Å². The van der Waals surface area contributed by atoms with Crippen molar-refractivity contribution in [2.75, 3.05) is 6.54 Å². The van der Waals surface area contributed by atoms with Crippen LogP contribution in [-0.2, 0) is 20.1 Å². The Morgan fingerprint density at radius 2 is 2.23 bits per heavy atom. The number of hydrogen-bond acceptors (Lipinski definition) is 3. The molecule has 1 amide bonds. The van der Waals surface area contributed by atoms with Gasteiger partial charge in [0.15, 0.2) is 0 Å². The first kappa shape index (κ1) is 13.3. The Labute approximate surface area is 132 Å². The summed E-state index contributed by atoms with van der Waals surface area (Å²) in [6.07, 6.45) is 3.81. The molecular formula is C16H16N4OS. The highest BCUT2D eigenvalue weighted by Crippen LogP contribution is 2.26. The summed E-state index contributed by atoms with van der Waals surface area (Å²) < 4.78 is 4.08. The van der Waals surface area contributed by atoms with E-state index in [0.717, 1.165) is 23.8 Å². The molecule has 0 radical (unpaired) electrons. The van der Waals surface area contributed by atoms with Gasteiger partial charge in [0, 0.05) is 37.3 Å². The summed E-state index contributed by atoms with van der Waals surface area (Å²) in [6.45, 7) is 2.06. The van der Waals surface area contributed by atoms with Gasteiger partial charge in [0.1, 0.15) is 11.5 Å². The zero-order valence-electron chi connectivity index (χ0n) is 12.3. The average Bonchev–Trinajstić information content (AvgIpc) is 3.25. The molecule has 0 bridgehead atoms. The number of amides is 1. The minimum Gasteiger partial charge on any atom is -0.347 e. The fraction of sp³-hybridized carbons (Fsp3) is 0.250. The molecule has 0 atom stereocenters. The molecule has 1 aliphatic rings. The molecule has 1 aliphatic heterocycles. The number of nitrogens with zero attached hydrogens (tertiary/aromatic N) is 4. The molecule has 0 fully saturated rings. The Morgan fingerprint density at radius 3 is 2.95 bits per heavy atom. The first-order chi connectivity index (χ1) is 10.7. The topological polar surface area (TPSA) is 43.1 Å². The van der Waals surface area contributed by atoms with Gasteiger partial charge in [0.05, 0.1) is 18.4 Å². The van der Waals surface area contributed by atoms with Crippen LogP contribution in [0.3, 0.4) is 0 Å². The fourth-order valence-electron chi connectivity index (χ4n) is 2.92. The molecule has 4 heterocycles. The lowest BCUT2D eigenvalue weighted by Crippen LogP contribution is -2.39. The fourth-order valence-corrected chi connectivity index (χ4v) is 3.57. The van der Waals surface area contributed by atoms with E-state index in [2.05, 4.69) is 26.4 Å². The Morgan fingerprint density at radius 1 is 1.32 bits per heavy atom. The highest BCUT2D eigenvalue weighted by atomic mass is 32.1. The molecule has 0 unspecified atom stereocenters. The lowest BCUT2D eigenvalue weighted by molar-refractivity contribution is 0.0698. The third-order valence-corrected chi connectivity index (χ3v) is 4.81. The van der Waals surface area contributed by atoms with Crippen molar-refractivity contribution in [2.45, 2.75) is 13.1 Å². The quantitative estimate of drug-likeness (QED) is 0.730. The van der Waals surface area contributed by atoms with E-state index in [4.69, 9.17) is 0 Å². The largest absolute Gasteiger partial charge is 0.347 e. The summed E-state index contributed by atoms with van der Waals surface area (Å²) in [4.78, 5) is 19.0. The third kappa shape index (κ3) is 2.07. The highest BCUT2D eigenvalue weighted by molar-refractivity contribution is 7.08. The van der Waals surface area contributed by atoms with Gasteiger partial charge in [-0.2, -0.15) is 11.3 Å². The van der Waals surface area contributed by atoms with Gasteiger partial charge in [-0.05, 0) is 23.6 Å². The first-order valence-electron chi connectivity index (χ1n) is 7.21. The molecule has 3 aromatic rings. The van der Waals surface area contributed by atoms with E-state index >= 15 is 0 Å². The Bertz CT molecular complexity index is 815. The van der Waals surface area contributed by atoms with Gasteiger partial charge in [0.25, 0.3) is 5.91 Å². The van der Waals surface area contributed by atoms with E-state index in [1.807, 2.05) is 41.0 Å². The zero-order chi connectivity index (χ0) is 15.1. The summed E-state index contributed by atoms with van der Waals surface area (Å²) in [6, 6.07) is 5.86. The van der Waals surface area contributed by atoms with E-state index in [1.165, 1.54) is 5.56 Å². The maximum atomic E-state index is 12.6. The van der Waals surface area contributed by atoms with Crippen LogP contribution in [0.15, 0.2) is 41.4 Å². The normalized spacial score (nSPS) is 14.1. The van der Waals surface area contributed by atoms with E-state index in [0.29, 0.717) is 13.1 Å². The lowest BCUT2D eigenvalue weighted by Gasteiger charge is -2.28. The molecule has 4 rings (SSSR count). The minimum absolute atomic E-state index is 0.0684. The average molecular weight is 312 g/mol. The SMILES string of the molecule is Cn1cccc1C(=O)N1CCn2c(-c3ccsc3)cnc2C1. The molecule has 0 saturated carbocycles.